The van der Waals surface area contributed by atoms with E-state index >= 15 is 0 Å². The summed E-state index contributed by atoms with van der Waals surface area (Å²) in [4.78, 5) is 14.8. The molecule has 0 aliphatic carbocycles. The first-order valence-corrected chi connectivity index (χ1v) is 7.77. The Morgan fingerprint density at radius 1 is 1.05 bits per heavy atom. The lowest BCUT2D eigenvalue weighted by Crippen LogP contribution is -2.36. The van der Waals surface area contributed by atoms with E-state index in [1.54, 1.807) is 0 Å². The summed E-state index contributed by atoms with van der Waals surface area (Å²) in [6.45, 7) is 5.37. The first-order valence-electron chi connectivity index (χ1n) is 7.77. The number of amides is 1. The molecule has 22 heavy (non-hydrogen) atoms. The maximum atomic E-state index is 12.9. The summed E-state index contributed by atoms with van der Waals surface area (Å²) >= 11 is 0. The molecule has 2 aromatic rings. The van der Waals surface area contributed by atoms with Gasteiger partial charge >= 0.3 is 0 Å². The average Bonchev–Trinajstić information content (AvgIpc) is 2.54. The molecule has 1 aliphatic heterocycles. The summed E-state index contributed by atoms with van der Waals surface area (Å²) in [7, 11) is 0. The Morgan fingerprint density at radius 2 is 1.73 bits per heavy atom. The van der Waals surface area contributed by atoms with E-state index in [9.17, 15) is 4.79 Å². The number of hydrogen-bond donors (Lipinski definition) is 0. The third-order valence-electron chi connectivity index (χ3n) is 3.90. The molecule has 0 spiro atoms. The molecule has 0 saturated carbocycles. The Kier molecular flexibility index (Phi) is 4.14. The lowest BCUT2D eigenvalue weighted by atomic mass is 9.99. The van der Waals surface area contributed by atoms with Gasteiger partial charge in [0.15, 0.2) is 0 Å². The second-order valence-corrected chi connectivity index (χ2v) is 5.91. The van der Waals surface area contributed by atoms with Crippen molar-refractivity contribution in [3.8, 4) is 5.75 Å². The van der Waals surface area contributed by atoms with Crippen molar-refractivity contribution in [2.24, 2.45) is 0 Å². The minimum atomic E-state index is 0.0470. The Bertz CT molecular complexity index is 679. The number of benzene rings is 2. The van der Waals surface area contributed by atoms with Crippen molar-refractivity contribution in [2.45, 2.75) is 32.9 Å². The largest absolute Gasteiger partial charge is 0.490 e. The standard InChI is InChI=1S/C19H21NO2/c1-14(2)22-18-10-6-5-9-17(18)19(21)20-12-11-15-7-3-4-8-16(15)13-20/h3-10,14H,11-13H2,1-2H3. The zero-order valence-corrected chi connectivity index (χ0v) is 13.1. The monoisotopic (exact) mass is 295 g/mol. The highest BCUT2D eigenvalue weighted by Gasteiger charge is 2.23. The fourth-order valence-electron chi connectivity index (χ4n) is 2.84. The molecule has 1 aliphatic rings. The second-order valence-electron chi connectivity index (χ2n) is 5.91. The summed E-state index contributed by atoms with van der Waals surface area (Å²) in [6.07, 6.45) is 0.964. The Labute approximate surface area is 131 Å². The Hall–Kier alpha value is -2.29. The van der Waals surface area contributed by atoms with Crippen LogP contribution < -0.4 is 4.74 Å². The quantitative estimate of drug-likeness (QED) is 0.864. The van der Waals surface area contributed by atoms with Gasteiger partial charge in [-0.2, -0.15) is 0 Å². The average molecular weight is 295 g/mol. The maximum absolute atomic E-state index is 12.9. The van der Waals surface area contributed by atoms with Crippen LogP contribution in [0.4, 0.5) is 0 Å². The smallest absolute Gasteiger partial charge is 0.257 e. The zero-order valence-electron chi connectivity index (χ0n) is 13.1. The van der Waals surface area contributed by atoms with Gasteiger partial charge < -0.3 is 9.64 Å². The summed E-state index contributed by atoms with van der Waals surface area (Å²) in [5.41, 5.74) is 3.23. The molecule has 0 aromatic heterocycles. The highest BCUT2D eigenvalue weighted by atomic mass is 16.5. The van der Waals surface area contributed by atoms with Crippen LogP contribution in [-0.4, -0.2) is 23.5 Å². The lowest BCUT2D eigenvalue weighted by Gasteiger charge is -2.29. The van der Waals surface area contributed by atoms with Crippen LogP contribution in [0, 0.1) is 0 Å². The number of ether oxygens (including phenoxy) is 1. The summed E-state index contributed by atoms with van der Waals surface area (Å²) in [5, 5.41) is 0. The predicted molar refractivity (Wildman–Crippen MR) is 87.1 cm³/mol. The number of carbonyl (C=O) groups is 1. The minimum absolute atomic E-state index is 0.0470. The Balaban J connectivity index is 1.84. The van der Waals surface area contributed by atoms with E-state index < -0.39 is 0 Å². The number of rotatable bonds is 3. The molecular weight excluding hydrogens is 274 g/mol. The van der Waals surface area contributed by atoms with Gasteiger partial charge in [0.25, 0.3) is 5.91 Å². The van der Waals surface area contributed by atoms with Crippen LogP contribution >= 0.6 is 0 Å². The van der Waals surface area contributed by atoms with E-state index in [1.807, 2.05) is 49.1 Å². The van der Waals surface area contributed by atoms with E-state index in [2.05, 4.69) is 18.2 Å². The highest BCUT2D eigenvalue weighted by Crippen LogP contribution is 2.25. The third-order valence-corrected chi connectivity index (χ3v) is 3.90. The summed E-state index contributed by atoms with van der Waals surface area (Å²) < 4.78 is 5.78. The molecule has 0 unspecified atom stereocenters. The first-order chi connectivity index (χ1) is 10.6. The number of carbonyl (C=O) groups excluding carboxylic acids is 1. The molecule has 114 valence electrons. The van der Waals surface area contributed by atoms with Crippen LogP contribution in [0.2, 0.25) is 0 Å². The molecule has 0 N–H and O–H groups in total. The lowest BCUT2D eigenvalue weighted by molar-refractivity contribution is 0.0728. The van der Waals surface area contributed by atoms with Crippen LogP contribution in [0.1, 0.15) is 35.3 Å². The third kappa shape index (κ3) is 2.98. The van der Waals surface area contributed by atoms with E-state index in [1.165, 1.54) is 11.1 Å². The molecule has 0 atom stereocenters. The molecule has 0 fully saturated rings. The fraction of sp³-hybridized carbons (Fsp3) is 0.316. The van der Waals surface area contributed by atoms with E-state index in [0.29, 0.717) is 17.9 Å². The van der Waals surface area contributed by atoms with Crippen molar-refractivity contribution in [2.75, 3.05) is 6.54 Å². The predicted octanol–water partition coefficient (Wildman–Crippen LogP) is 3.67. The second kappa shape index (κ2) is 6.22. The Morgan fingerprint density at radius 3 is 2.50 bits per heavy atom. The van der Waals surface area contributed by atoms with E-state index in [0.717, 1.165) is 13.0 Å². The van der Waals surface area contributed by atoms with Crippen molar-refractivity contribution >= 4 is 5.91 Å². The zero-order chi connectivity index (χ0) is 15.5. The van der Waals surface area contributed by atoms with E-state index in [-0.39, 0.29) is 12.0 Å². The molecule has 0 saturated heterocycles. The van der Waals surface area contributed by atoms with Gasteiger partial charge in [0.2, 0.25) is 0 Å². The topological polar surface area (TPSA) is 29.5 Å². The van der Waals surface area contributed by atoms with Gasteiger partial charge in [-0.15, -0.1) is 0 Å². The SMILES string of the molecule is CC(C)Oc1ccccc1C(=O)N1CCc2ccccc2C1. The molecule has 3 rings (SSSR count). The van der Waals surface area contributed by atoms with Gasteiger partial charge in [0.1, 0.15) is 5.75 Å². The minimum Gasteiger partial charge on any atom is -0.490 e. The van der Waals surface area contributed by atoms with Gasteiger partial charge in [-0.3, -0.25) is 4.79 Å². The van der Waals surface area contributed by atoms with Gasteiger partial charge in [0.05, 0.1) is 11.7 Å². The van der Waals surface area contributed by atoms with Gasteiger partial charge in [-0.1, -0.05) is 36.4 Å². The summed E-state index contributed by atoms with van der Waals surface area (Å²) in [5.74, 6) is 0.715. The molecule has 3 heteroatoms. The molecule has 1 heterocycles. The molecule has 3 nitrogen and oxygen atoms in total. The van der Waals surface area contributed by atoms with Crippen LogP contribution in [0.15, 0.2) is 48.5 Å². The number of para-hydroxylation sites is 1. The first kappa shape index (κ1) is 14.6. The van der Waals surface area contributed by atoms with Crippen molar-refractivity contribution in [3.05, 3.63) is 65.2 Å². The van der Waals surface area contributed by atoms with Crippen molar-refractivity contribution in [3.63, 3.8) is 0 Å². The molecule has 1 amide bonds. The molecule has 0 bridgehead atoms. The van der Waals surface area contributed by atoms with Crippen LogP contribution in [0.3, 0.4) is 0 Å². The fourth-order valence-corrected chi connectivity index (χ4v) is 2.84. The number of nitrogens with zero attached hydrogens (tertiary/aromatic N) is 1. The van der Waals surface area contributed by atoms with Crippen molar-refractivity contribution in [1.82, 2.24) is 4.90 Å². The van der Waals surface area contributed by atoms with Gasteiger partial charge in [-0.25, -0.2) is 0 Å². The summed E-state index contributed by atoms with van der Waals surface area (Å²) in [6, 6.07) is 15.8. The maximum Gasteiger partial charge on any atom is 0.257 e. The van der Waals surface area contributed by atoms with Crippen molar-refractivity contribution < 1.29 is 9.53 Å². The normalized spacial score (nSPS) is 13.9. The van der Waals surface area contributed by atoms with Crippen LogP contribution in [0.5, 0.6) is 5.75 Å². The molecule has 2 aromatic carbocycles. The number of fused-ring (bicyclic) bond motifs is 1. The van der Waals surface area contributed by atoms with Gasteiger partial charge in [0, 0.05) is 13.1 Å². The highest BCUT2D eigenvalue weighted by molar-refractivity contribution is 5.97. The molecule has 0 radical (unpaired) electrons. The van der Waals surface area contributed by atoms with Crippen LogP contribution in [-0.2, 0) is 13.0 Å². The number of hydrogen-bond acceptors (Lipinski definition) is 2. The van der Waals surface area contributed by atoms with E-state index in [4.69, 9.17) is 4.74 Å². The van der Waals surface area contributed by atoms with Crippen LogP contribution in [0.25, 0.3) is 0 Å². The van der Waals surface area contributed by atoms with Gasteiger partial charge in [-0.05, 0) is 43.5 Å². The molecular formula is C19H21NO2. The van der Waals surface area contributed by atoms with Crippen molar-refractivity contribution in [1.29, 1.82) is 0 Å².